The van der Waals surface area contributed by atoms with Crippen molar-refractivity contribution in [2.75, 3.05) is 0 Å². The second-order valence-electron chi connectivity index (χ2n) is 2.26. The molecule has 5 nitrogen and oxygen atoms in total. The van der Waals surface area contributed by atoms with Gasteiger partial charge in [-0.3, -0.25) is 0 Å². The Labute approximate surface area is 79.6 Å². The third kappa shape index (κ3) is 2.74. The standard InChI is InChI=1S/C8H9FN4O/c9-7(4-10)8(11)13-12-5-6-2-1-3-14-6/h1-5H,10H2,(H2,11,13)/b7-4?,12-5+. The molecule has 1 heterocycles. The van der Waals surface area contributed by atoms with E-state index in [0.29, 0.717) is 12.0 Å². The zero-order valence-electron chi connectivity index (χ0n) is 7.22. The SMILES string of the molecule is NC=C(F)C(N)=N/N=C/c1ccco1. The maximum Gasteiger partial charge on any atom is 0.183 e. The van der Waals surface area contributed by atoms with E-state index in [1.54, 1.807) is 12.1 Å². The molecule has 0 spiro atoms. The van der Waals surface area contributed by atoms with Gasteiger partial charge < -0.3 is 15.9 Å². The van der Waals surface area contributed by atoms with Crippen LogP contribution in [0.25, 0.3) is 0 Å². The Morgan fingerprint density at radius 3 is 2.93 bits per heavy atom. The molecule has 0 aliphatic heterocycles. The van der Waals surface area contributed by atoms with Crippen molar-refractivity contribution in [3.05, 3.63) is 36.2 Å². The number of nitrogens with two attached hydrogens (primary N) is 2. The molecular weight excluding hydrogens is 187 g/mol. The monoisotopic (exact) mass is 196 g/mol. The molecule has 74 valence electrons. The van der Waals surface area contributed by atoms with E-state index in [9.17, 15) is 4.39 Å². The predicted octanol–water partition coefficient (Wildman–Crippen LogP) is 0.740. The summed E-state index contributed by atoms with van der Waals surface area (Å²) in [6.45, 7) is 0. The lowest BCUT2D eigenvalue weighted by Gasteiger charge is -1.90. The third-order valence-electron chi connectivity index (χ3n) is 1.28. The van der Waals surface area contributed by atoms with E-state index in [4.69, 9.17) is 15.9 Å². The molecule has 0 fully saturated rings. The first kappa shape index (κ1) is 9.97. The van der Waals surface area contributed by atoms with Gasteiger partial charge >= 0.3 is 0 Å². The number of hydrogen-bond donors (Lipinski definition) is 2. The molecule has 1 aromatic heterocycles. The van der Waals surface area contributed by atoms with Crippen LogP contribution in [0.4, 0.5) is 4.39 Å². The van der Waals surface area contributed by atoms with Gasteiger partial charge in [0.2, 0.25) is 0 Å². The van der Waals surface area contributed by atoms with Gasteiger partial charge in [-0.15, -0.1) is 5.10 Å². The molecule has 0 aliphatic rings. The van der Waals surface area contributed by atoms with Crippen molar-refractivity contribution in [3.8, 4) is 0 Å². The average Bonchev–Trinajstić information content (AvgIpc) is 2.69. The van der Waals surface area contributed by atoms with E-state index in [2.05, 4.69) is 10.2 Å². The molecule has 1 rings (SSSR count). The smallest absolute Gasteiger partial charge is 0.183 e. The highest BCUT2D eigenvalue weighted by Gasteiger charge is 1.97. The van der Waals surface area contributed by atoms with Crippen LogP contribution in [0.1, 0.15) is 5.76 Å². The Morgan fingerprint density at radius 1 is 1.57 bits per heavy atom. The minimum absolute atomic E-state index is 0.379. The van der Waals surface area contributed by atoms with Gasteiger partial charge in [-0.2, -0.15) is 5.10 Å². The van der Waals surface area contributed by atoms with E-state index in [1.165, 1.54) is 12.5 Å². The summed E-state index contributed by atoms with van der Waals surface area (Å²) >= 11 is 0. The van der Waals surface area contributed by atoms with Crippen molar-refractivity contribution in [2.45, 2.75) is 0 Å². The topological polar surface area (TPSA) is 89.9 Å². The van der Waals surface area contributed by atoms with Crippen molar-refractivity contribution in [2.24, 2.45) is 21.7 Å². The van der Waals surface area contributed by atoms with Crippen molar-refractivity contribution in [1.29, 1.82) is 0 Å². The first-order valence-electron chi connectivity index (χ1n) is 3.72. The molecule has 0 unspecified atom stereocenters. The highest BCUT2D eigenvalue weighted by Crippen LogP contribution is 1.96. The number of halogens is 1. The van der Waals surface area contributed by atoms with Crippen LogP contribution >= 0.6 is 0 Å². The Kier molecular flexibility index (Phi) is 3.42. The molecule has 0 atom stereocenters. The predicted molar refractivity (Wildman–Crippen MR) is 51.3 cm³/mol. The van der Waals surface area contributed by atoms with Crippen LogP contribution in [0, 0.1) is 0 Å². The number of furan rings is 1. The molecule has 14 heavy (non-hydrogen) atoms. The minimum Gasteiger partial charge on any atom is -0.463 e. The number of hydrogen-bond acceptors (Lipinski definition) is 4. The van der Waals surface area contributed by atoms with E-state index in [-0.39, 0.29) is 5.84 Å². The van der Waals surface area contributed by atoms with Gasteiger partial charge in [0.15, 0.2) is 11.7 Å². The molecule has 1 aromatic rings. The first-order valence-corrected chi connectivity index (χ1v) is 3.72. The molecular formula is C8H9FN4O. The summed E-state index contributed by atoms with van der Waals surface area (Å²) in [6, 6.07) is 3.36. The lowest BCUT2D eigenvalue weighted by molar-refractivity contribution is 0.560. The van der Waals surface area contributed by atoms with E-state index >= 15 is 0 Å². The minimum atomic E-state index is -0.818. The van der Waals surface area contributed by atoms with Crippen molar-refractivity contribution in [3.63, 3.8) is 0 Å². The van der Waals surface area contributed by atoms with Crippen molar-refractivity contribution in [1.82, 2.24) is 0 Å². The van der Waals surface area contributed by atoms with Crippen molar-refractivity contribution < 1.29 is 8.81 Å². The maximum absolute atomic E-state index is 12.6. The molecule has 0 radical (unpaired) electrons. The largest absolute Gasteiger partial charge is 0.463 e. The van der Waals surface area contributed by atoms with Crippen LogP contribution in [0.5, 0.6) is 0 Å². The van der Waals surface area contributed by atoms with Crippen LogP contribution in [0.3, 0.4) is 0 Å². The molecule has 0 saturated heterocycles. The highest BCUT2D eigenvalue weighted by atomic mass is 19.1. The van der Waals surface area contributed by atoms with Gasteiger partial charge in [0.25, 0.3) is 0 Å². The van der Waals surface area contributed by atoms with Gasteiger partial charge in [0.1, 0.15) is 5.76 Å². The van der Waals surface area contributed by atoms with Gasteiger partial charge in [-0.25, -0.2) is 4.39 Å². The zero-order chi connectivity index (χ0) is 10.4. The molecule has 0 aromatic carbocycles. The van der Waals surface area contributed by atoms with Gasteiger partial charge in [-0.1, -0.05) is 0 Å². The fraction of sp³-hybridized carbons (Fsp3) is 0. The number of nitrogens with zero attached hydrogens (tertiary/aromatic N) is 2. The van der Waals surface area contributed by atoms with Gasteiger partial charge in [0.05, 0.1) is 12.5 Å². The second kappa shape index (κ2) is 4.80. The molecule has 4 N–H and O–H groups in total. The lowest BCUT2D eigenvalue weighted by Crippen LogP contribution is -2.12. The molecule has 0 bridgehead atoms. The number of amidine groups is 1. The molecule has 0 saturated carbocycles. The van der Waals surface area contributed by atoms with E-state index < -0.39 is 5.83 Å². The number of rotatable bonds is 3. The molecule has 6 heteroatoms. The van der Waals surface area contributed by atoms with Crippen molar-refractivity contribution >= 4 is 12.1 Å². The second-order valence-corrected chi connectivity index (χ2v) is 2.26. The normalized spacial score (nSPS) is 13.8. The van der Waals surface area contributed by atoms with Crippen LogP contribution < -0.4 is 11.5 Å². The summed E-state index contributed by atoms with van der Waals surface area (Å²) in [5.74, 6) is -0.699. The lowest BCUT2D eigenvalue weighted by atomic mass is 10.5. The third-order valence-corrected chi connectivity index (χ3v) is 1.28. The van der Waals surface area contributed by atoms with Gasteiger partial charge in [0, 0.05) is 6.20 Å². The molecule has 0 aliphatic carbocycles. The van der Waals surface area contributed by atoms with E-state index in [1.807, 2.05) is 0 Å². The van der Waals surface area contributed by atoms with Gasteiger partial charge in [-0.05, 0) is 12.1 Å². The summed E-state index contributed by atoms with van der Waals surface area (Å²) in [4.78, 5) is 0. The average molecular weight is 196 g/mol. The van der Waals surface area contributed by atoms with Crippen LogP contribution in [-0.4, -0.2) is 12.1 Å². The molecule has 0 amide bonds. The summed E-state index contributed by atoms with van der Waals surface area (Å²) < 4.78 is 17.5. The summed E-state index contributed by atoms with van der Waals surface area (Å²) in [7, 11) is 0. The highest BCUT2D eigenvalue weighted by molar-refractivity contribution is 5.95. The Bertz CT molecular complexity index is 367. The fourth-order valence-corrected chi connectivity index (χ4v) is 0.646. The maximum atomic E-state index is 12.6. The first-order chi connectivity index (χ1) is 6.74. The Balaban J connectivity index is 2.63. The zero-order valence-corrected chi connectivity index (χ0v) is 7.22. The quantitative estimate of drug-likeness (QED) is 0.424. The van der Waals surface area contributed by atoms with Crippen LogP contribution in [-0.2, 0) is 0 Å². The van der Waals surface area contributed by atoms with E-state index in [0.717, 1.165) is 0 Å². The van der Waals surface area contributed by atoms with Crippen LogP contribution in [0.2, 0.25) is 0 Å². The summed E-state index contributed by atoms with van der Waals surface area (Å²) in [5.41, 5.74) is 10.0. The fourth-order valence-electron chi connectivity index (χ4n) is 0.646. The van der Waals surface area contributed by atoms with Crippen LogP contribution in [0.15, 0.2) is 45.0 Å². The summed E-state index contributed by atoms with van der Waals surface area (Å²) in [5, 5.41) is 6.84. The summed E-state index contributed by atoms with van der Waals surface area (Å²) in [6.07, 6.45) is 3.49. The Hall–Kier alpha value is -2.11. The Morgan fingerprint density at radius 2 is 2.36 bits per heavy atom.